The zero-order valence-corrected chi connectivity index (χ0v) is 25.0. The van der Waals surface area contributed by atoms with Crippen LogP contribution < -0.4 is 10.6 Å². The average Bonchev–Trinajstić information content (AvgIpc) is 3.62. The molecule has 5 aromatic carbocycles. The van der Waals surface area contributed by atoms with Gasteiger partial charge in [-0.1, -0.05) is 0 Å². The summed E-state index contributed by atoms with van der Waals surface area (Å²) in [7, 11) is 0. The fourth-order valence-corrected chi connectivity index (χ4v) is 12.0. The summed E-state index contributed by atoms with van der Waals surface area (Å²) in [6, 6.07) is 45.9. The van der Waals surface area contributed by atoms with E-state index >= 15 is 0 Å². The molecule has 6 heteroatoms. The third-order valence-corrected chi connectivity index (χ3v) is 15.1. The van der Waals surface area contributed by atoms with E-state index in [2.05, 4.69) is 156 Å². The van der Waals surface area contributed by atoms with Gasteiger partial charge in [0.05, 0.1) is 0 Å². The minimum atomic E-state index is -2.33. The van der Waals surface area contributed by atoms with Crippen LogP contribution in [0, 0.1) is 0 Å². The summed E-state index contributed by atoms with van der Waals surface area (Å²) in [5.74, 6) is 0. The Hall–Kier alpha value is -4.53. The third kappa shape index (κ3) is 3.22. The van der Waals surface area contributed by atoms with Crippen molar-refractivity contribution in [2.24, 2.45) is 0 Å². The number of pyridine rings is 2. The van der Waals surface area contributed by atoms with E-state index in [1.807, 2.05) is 12.4 Å². The van der Waals surface area contributed by atoms with Crippen molar-refractivity contribution in [3.05, 3.63) is 140 Å². The van der Waals surface area contributed by atoms with Gasteiger partial charge in [0.25, 0.3) is 0 Å². The maximum absolute atomic E-state index is 5.20. The quantitative estimate of drug-likeness (QED) is 0.115. The van der Waals surface area contributed by atoms with Gasteiger partial charge in [-0.15, -0.1) is 0 Å². The average molecular weight is 622 g/mol. The number of nitrogens with zero attached hydrogens (tertiary/aromatic N) is 4. The monoisotopic (exact) mass is 622 g/mol. The molecule has 4 nitrogen and oxygen atoms in total. The van der Waals surface area contributed by atoms with Crippen LogP contribution in [0.5, 0.6) is 0 Å². The van der Waals surface area contributed by atoms with Crippen LogP contribution in [-0.4, -0.2) is 33.8 Å². The van der Waals surface area contributed by atoms with E-state index in [9.17, 15) is 0 Å². The Labute approximate surface area is 249 Å². The summed E-state index contributed by atoms with van der Waals surface area (Å²) in [6.45, 7) is 0. The first-order valence-corrected chi connectivity index (χ1v) is 17.9. The normalized spacial score (nSPS) is 13.5. The van der Waals surface area contributed by atoms with Gasteiger partial charge in [-0.3, -0.25) is 0 Å². The predicted octanol–water partition coefficient (Wildman–Crippen LogP) is 7.81. The molecule has 0 aliphatic carbocycles. The molecule has 0 saturated carbocycles. The molecule has 0 saturated heterocycles. The number of rotatable bonds is 3. The third-order valence-electron chi connectivity index (χ3n) is 8.44. The number of para-hydroxylation sites is 5. The molecule has 9 rings (SSSR count). The van der Waals surface area contributed by atoms with E-state index in [4.69, 9.17) is 4.98 Å². The van der Waals surface area contributed by atoms with Crippen molar-refractivity contribution in [2.75, 3.05) is 0 Å². The van der Waals surface area contributed by atoms with Gasteiger partial charge < -0.3 is 0 Å². The molecule has 0 fully saturated rings. The van der Waals surface area contributed by atoms with Gasteiger partial charge in [0.1, 0.15) is 0 Å². The number of aromatic nitrogens is 4. The first-order valence-electron chi connectivity index (χ1n) is 14.0. The molecular formula is C36H23N4PSe. The zero-order chi connectivity index (χ0) is 27.8. The van der Waals surface area contributed by atoms with Crippen LogP contribution in [0.15, 0.2) is 140 Å². The van der Waals surface area contributed by atoms with E-state index < -0.39 is 5.66 Å². The van der Waals surface area contributed by atoms with Crippen LogP contribution in [-0.2, 0) is 0 Å². The summed E-state index contributed by atoms with van der Waals surface area (Å²) < 4.78 is 4.89. The van der Waals surface area contributed by atoms with Gasteiger partial charge >= 0.3 is 250 Å². The minimum absolute atomic E-state index is 0.982. The summed E-state index contributed by atoms with van der Waals surface area (Å²) >= 11 is 3.81. The van der Waals surface area contributed by atoms with Crippen molar-refractivity contribution in [1.29, 1.82) is 0 Å². The Kier molecular flexibility index (Phi) is 5.16. The number of imidazole rings is 1. The Balaban J connectivity index is 1.46. The number of benzene rings is 5. The Bertz CT molecular complexity index is 2510. The molecule has 4 heterocycles. The second-order valence-electron chi connectivity index (χ2n) is 10.6. The standard InChI is InChI=1S/C36H23N4PSe/c42-41(24-19-21-37-22-20-24,40-33-14-6-2-10-28(33)29-11-3-7-15-34(29)40)25-17-18-26-27-9-1-5-13-32(27)39-35-16-8-4-12-31(35)38-36(39)30(26)23-25/h1-23H. The zero-order valence-electron chi connectivity index (χ0n) is 22.4. The molecule has 4 aromatic heterocycles. The molecule has 0 aliphatic rings. The molecule has 42 heavy (non-hydrogen) atoms. The molecule has 0 spiro atoms. The fourth-order valence-electron chi connectivity index (χ4n) is 6.62. The maximum atomic E-state index is 5.20. The van der Waals surface area contributed by atoms with Gasteiger partial charge in [-0.2, -0.15) is 0 Å². The topological polar surface area (TPSA) is 35.1 Å². The molecule has 0 aliphatic heterocycles. The summed E-state index contributed by atoms with van der Waals surface area (Å²) in [5, 5.41) is 8.58. The SMILES string of the molecule is [Se]=P(c1ccncc1)(c1ccc2c3ccccc3n3c4ccccc4nc3c2c1)n1c2ccccc2c2ccccc21. The second kappa shape index (κ2) is 8.98. The van der Waals surface area contributed by atoms with E-state index in [1.165, 1.54) is 48.7 Å². The second-order valence-corrected chi connectivity index (χ2v) is 16.5. The summed E-state index contributed by atoms with van der Waals surface area (Å²) in [6.07, 6.45) is 3.81. The fraction of sp³-hybridized carbons (Fsp3) is 0. The van der Waals surface area contributed by atoms with Crippen molar-refractivity contribution in [1.82, 2.24) is 18.7 Å². The van der Waals surface area contributed by atoms with Gasteiger partial charge in [-0.25, -0.2) is 0 Å². The molecule has 0 bridgehead atoms. The van der Waals surface area contributed by atoms with Gasteiger partial charge in [0, 0.05) is 0 Å². The Morgan fingerprint density at radius 1 is 0.500 bits per heavy atom. The van der Waals surface area contributed by atoms with Crippen LogP contribution in [0.2, 0.25) is 0 Å². The molecular weight excluding hydrogens is 598 g/mol. The van der Waals surface area contributed by atoms with E-state index in [0.717, 1.165) is 22.1 Å². The summed E-state index contributed by atoms with van der Waals surface area (Å²) in [5.41, 5.74) is 4.38. The van der Waals surface area contributed by atoms with Gasteiger partial charge in [0.15, 0.2) is 0 Å². The number of hydrogen-bond acceptors (Lipinski definition) is 2. The van der Waals surface area contributed by atoms with Crippen molar-refractivity contribution >= 4 is 91.5 Å². The van der Waals surface area contributed by atoms with E-state index in [0.29, 0.717) is 0 Å². The van der Waals surface area contributed by atoms with E-state index in [1.54, 1.807) is 0 Å². The molecule has 0 radical (unpaired) electrons. The van der Waals surface area contributed by atoms with E-state index in [-0.39, 0.29) is 0 Å². The van der Waals surface area contributed by atoms with Crippen LogP contribution >= 0.6 is 5.66 Å². The van der Waals surface area contributed by atoms with Crippen LogP contribution in [0.3, 0.4) is 0 Å². The molecule has 1 atom stereocenters. The van der Waals surface area contributed by atoms with Gasteiger partial charge in [0.2, 0.25) is 0 Å². The molecule has 198 valence electrons. The van der Waals surface area contributed by atoms with Crippen molar-refractivity contribution in [3.8, 4) is 0 Å². The number of fused-ring (bicyclic) bond motifs is 11. The van der Waals surface area contributed by atoms with Crippen LogP contribution in [0.1, 0.15) is 0 Å². The predicted molar refractivity (Wildman–Crippen MR) is 179 cm³/mol. The van der Waals surface area contributed by atoms with Crippen LogP contribution in [0.25, 0.3) is 60.2 Å². The first kappa shape index (κ1) is 24.1. The molecule has 1 unspecified atom stereocenters. The summed E-state index contributed by atoms with van der Waals surface area (Å²) in [4.78, 5) is 9.59. The van der Waals surface area contributed by atoms with Crippen molar-refractivity contribution in [2.45, 2.75) is 0 Å². The van der Waals surface area contributed by atoms with Gasteiger partial charge in [-0.05, 0) is 0 Å². The van der Waals surface area contributed by atoms with Crippen molar-refractivity contribution in [3.63, 3.8) is 0 Å². The Morgan fingerprint density at radius 2 is 1.07 bits per heavy atom. The molecule has 0 amide bonds. The molecule has 0 N–H and O–H groups in total. The first-order chi connectivity index (χ1) is 20.7. The van der Waals surface area contributed by atoms with Crippen LogP contribution in [0.4, 0.5) is 0 Å². The Morgan fingerprint density at radius 3 is 1.76 bits per heavy atom. The number of hydrogen-bond donors (Lipinski definition) is 0. The molecule has 9 aromatic rings. The van der Waals surface area contributed by atoms with Crippen molar-refractivity contribution < 1.29 is 0 Å².